The number of nitrogens with zero attached hydrogens (tertiary/aromatic N) is 1. The lowest BCUT2D eigenvalue weighted by molar-refractivity contribution is 0.415. The van der Waals surface area contributed by atoms with E-state index in [1.807, 2.05) is 12.1 Å². The van der Waals surface area contributed by atoms with Crippen molar-refractivity contribution in [3.63, 3.8) is 0 Å². The van der Waals surface area contributed by atoms with Gasteiger partial charge in [-0.3, -0.25) is 5.10 Å². The monoisotopic (exact) mass is 266 g/mol. The van der Waals surface area contributed by atoms with E-state index in [1.54, 1.807) is 26.2 Å². The number of hydrogen-bond acceptors (Lipinski definition) is 4. The Bertz CT molecular complexity index is 647. The zero-order valence-electron chi connectivity index (χ0n) is 10.2. The van der Waals surface area contributed by atoms with Gasteiger partial charge in [-0.05, 0) is 17.7 Å². The fourth-order valence-electron chi connectivity index (χ4n) is 1.65. The first-order valence-corrected chi connectivity index (χ1v) is 7.14. The largest absolute Gasteiger partial charge is 0.497 e. The molecule has 2 rings (SSSR count). The summed E-state index contributed by atoms with van der Waals surface area (Å²) in [5, 5.41) is 6.53. The molecule has 0 atom stereocenters. The summed E-state index contributed by atoms with van der Waals surface area (Å²) in [6.45, 7) is 1.60. The molecule has 0 saturated carbocycles. The Morgan fingerprint density at radius 1 is 1.39 bits per heavy atom. The smallest absolute Gasteiger partial charge is 0.195 e. The van der Waals surface area contributed by atoms with Gasteiger partial charge >= 0.3 is 0 Å². The highest BCUT2D eigenvalue weighted by Crippen LogP contribution is 2.28. The molecule has 1 N–H and O–H groups in total. The van der Waals surface area contributed by atoms with Crippen LogP contribution in [0.4, 0.5) is 0 Å². The van der Waals surface area contributed by atoms with Gasteiger partial charge in [-0.25, -0.2) is 8.42 Å². The molecule has 0 aliphatic rings. The summed E-state index contributed by atoms with van der Waals surface area (Å²) in [6.07, 6.45) is 1.51. The van der Waals surface area contributed by atoms with Gasteiger partial charge < -0.3 is 4.74 Å². The lowest BCUT2D eigenvalue weighted by Crippen LogP contribution is -2.05. The third kappa shape index (κ3) is 2.24. The number of H-pyrrole nitrogens is 1. The molecule has 5 nitrogen and oxygen atoms in total. The van der Waals surface area contributed by atoms with E-state index in [4.69, 9.17) is 4.74 Å². The minimum Gasteiger partial charge on any atom is -0.497 e. The van der Waals surface area contributed by atoms with E-state index in [9.17, 15) is 8.42 Å². The van der Waals surface area contributed by atoms with Gasteiger partial charge in [-0.2, -0.15) is 5.10 Å². The van der Waals surface area contributed by atoms with Crippen molar-refractivity contribution in [3.8, 4) is 16.9 Å². The van der Waals surface area contributed by atoms with Crippen LogP contribution in [0.15, 0.2) is 35.5 Å². The maximum absolute atomic E-state index is 11.9. The predicted octanol–water partition coefficient (Wildman–Crippen LogP) is 1.88. The number of aromatic amines is 1. The number of hydrogen-bond donors (Lipinski definition) is 1. The molecule has 0 aliphatic heterocycles. The van der Waals surface area contributed by atoms with Crippen LogP contribution in [-0.2, 0) is 9.84 Å². The number of sulfone groups is 1. The fraction of sp³-hybridized carbons (Fsp3) is 0.250. The van der Waals surface area contributed by atoms with Gasteiger partial charge in [0, 0.05) is 5.56 Å². The molecule has 0 fully saturated rings. The van der Waals surface area contributed by atoms with Crippen molar-refractivity contribution in [2.75, 3.05) is 12.9 Å². The minimum atomic E-state index is -3.31. The lowest BCUT2D eigenvalue weighted by Gasteiger charge is -2.05. The van der Waals surface area contributed by atoms with Gasteiger partial charge in [0.05, 0.1) is 19.1 Å². The van der Waals surface area contributed by atoms with Crippen molar-refractivity contribution in [2.45, 2.75) is 11.9 Å². The van der Waals surface area contributed by atoms with Crippen LogP contribution >= 0.6 is 0 Å². The van der Waals surface area contributed by atoms with Gasteiger partial charge in [0.1, 0.15) is 5.75 Å². The molecule has 96 valence electrons. The Morgan fingerprint density at radius 2 is 2.17 bits per heavy atom. The molecule has 0 radical (unpaired) electrons. The van der Waals surface area contributed by atoms with Crippen molar-refractivity contribution in [1.29, 1.82) is 0 Å². The molecular weight excluding hydrogens is 252 g/mol. The normalized spacial score (nSPS) is 11.4. The highest BCUT2D eigenvalue weighted by atomic mass is 32.2. The van der Waals surface area contributed by atoms with E-state index in [0.717, 1.165) is 5.56 Å². The molecule has 1 heterocycles. The second-order valence-corrected chi connectivity index (χ2v) is 5.96. The molecule has 6 heteroatoms. The molecular formula is C12H14N2O3S. The summed E-state index contributed by atoms with van der Waals surface area (Å²) < 4.78 is 28.9. The zero-order chi connectivity index (χ0) is 13.2. The molecule has 0 saturated heterocycles. The van der Waals surface area contributed by atoms with Gasteiger partial charge in [-0.1, -0.05) is 19.1 Å². The van der Waals surface area contributed by atoms with Crippen molar-refractivity contribution in [1.82, 2.24) is 10.2 Å². The second kappa shape index (κ2) is 4.81. The second-order valence-electron chi connectivity index (χ2n) is 3.75. The zero-order valence-corrected chi connectivity index (χ0v) is 11.0. The Labute approximate surface area is 106 Å². The minimum absolute atomic E-state index is 0.0339. The van der Waals surface area contributed by atoms with E-state index >= 15 is 0 Å². The lowest BCUT2D eigenvalue weighted by atomic mass is 10.1. The molecule has 0 aliphatic carbocycles. The van der Waals surface area contributed by atoms with Crippen LogP contribution in [0.5, 0.6) is 5.75 Å². The molecule has 0 spiro atoms. The van der Waals surface area contributed by atoms with E-state index in [0.29, 0.717) is 11.3 Å². The molecule has 2 aromatic rings. The van der Waals surface area contributed by atoms with Crippen LogP contribution in [0.2, 0.25) is 0 Å². The molecule has 0 unspecified atom stereocenters. The number of nitrogens with one attached hydrogen (secondary N) is 1. The Hall–Kier alpha value is -1.82. The van der Waals surface area contributed by atoms with Gasteiger partial charge in [-0.15, -0.1) is 0 Å². The highest BCUT2D eigenvalue weighted by Gasteiger charge is 2.20. The average Bonchev–Trinajstić information content (AvgIpc) is 2.89. The third-order valence-electron chi connectivity index (χ3n) is 2.68. The quantitative estimate of drug-likeness (QED) is 0.917. The third-order valence-corrected chi connectivity index (χ3v) is 4.37. The molecule has 1 aromatic heterocycles. The molecule has 0 amide bonds. The first-order chi connectivity index (χ1) is 8.58. The number of rotatable bonds is 4. The van der Waals surface area contributed by atoms with Crippen molar-refractivity contribution in [3.05, 3.63) is 30.5 Å². The van der Waals surface area contributed by atoms with Crippen molar-refractivity contribution in [2.24, 2.45) is 0 Å². The summed E-state index contributed by atoms with van der Waals surface area (Å²) in [4.78, 5) is 0. The number of ether oxygens (including phenoxy) is 1. The summed E-state index contributed by atoms with van der Waals surface area (Å²) in [5.41, 5.74) is 1.32. The van der Waals surface area contributed by atoms with Crippen LogP contribution in [0.3, 0.4) is 0 Å². The maximum atomic E-state index is 11.9. The van der Waals surface area contributed by atoms with Crippen molar-refractivity contribution >= 4 is 9.84 Å². The van der Waals surface area contributed by atoms with Crippen LogP contribution in [0.25, 0.3) is 11.1 Å². The summed E-state index contributed by atoms with van der Waals surface area (Å²) >= 11 is 0. The number of aromatic nitrogens is 2. The number of benzene rings is 1. The SMILES string of the molecule is CCS(=O)(=O)c1[nH]ncc1-c1cccc(OC)c1. The fourth-order valence-corrected chi connectivity index (χ4v) is 2.64. The maximum Gasteiger partial charge on any atom is 0.195 e. The van der Waals surface area contributed by atoms with E-state index in [1.165, 1.54) is 6.20 Å². The van der Waals surface area contributed by atoms with Crippen LogP contribution in [0.1, 0.15) is 6.92 Å². The Morgan fingerprint density at radius 3 is 2.83 bits per heavy atom. The van der Waals surface area contributed by atoms with Crippen molar-refractivity contribution < 1.29 is 13.2 Å². The standard InChI is InChI=1S/C12H14N2O3S/c1-3-18(15,16)12-11(8-13-14-12)9-5-4-6-10(7-9)17-2/h4-8H,3H2,1-2H3,(H,13,14). The van der Waals surface area contributed by atoms with Gasteiger partial charge in [0.15, 0.2) is 14.9 Å². The first-order valence-electron chi connectivity index (χ1n) is 5.49. The van der Waals surface area contributed by atoms with E-state index < -0.39 is 9.84 Å². The first kappa shape index (κ1) is 12.6. The van der Waals surface area contributed by atoms with Crippen LogP contribution in [0, 0.1) is 0 Å². The van der Waals surface area contributed by atoms with Crippen LogP contribution in [-0.4, -0.2) is 31.5 Å². The summed E-state index contributed by atoms with van der Waals surface area (Å²) in [7, 11) is -1.74. The van der Waals surface area contributed by atoms with Gasteiger partial charge in [0.25, 0.3) is 0 Å². The van der Waals surface area contributed by atoms with Gasteiger partial charge in [0.2, 0.25) is 0 Å². The summed E-state index contributed by atoms with van der Waals surface area (Å²) in [6, 6.07) is 7.21. The molecule has 18 heavy (non-hydrogen) atoms. The molecule has 0 bridgehead atoms. The van der Waals surface area contributed by atoms with Crippen LogP contribution < -0.4 is 4.74 Å². The van der Waals surface area contributed by atoms with E-state index in [2.05, 4.69) is 10.2 Å². The summed E-state index contributed by atoms with van der Waals surface area (Å²) in [5.74, 6) is 0.708. The number of methoxy groups -OCH3 is 1. The van der Waals surface area contributed by atoms with E-state index in [-0.39, 0.29) is 10.8 Å². The predicted molar refractivity (Wildman–Crippen MR) is 68.3 cm³/mol. The molecule has 1 aromatic carbocycles. The average molecular weight is 266 g/mol. The highest BCUT2D eigenvalue weighted by molar-refractivity contribution is 7.91. The Kier molecular flexibility index (Phi) is 3.38. The Balaban J connectivity index is 2.55. The topological polar surface area (TPSA) is 72.0 Å².